The average molecular weight is 414 g/mol. The van der Waals surface area contributed by atoms with Crippen molar-refractivity contribution in [2.24, 2.45) is 0 Å². The number of benzene rings is 3. The van der Waals surface area contributed by atoms with Gasteiger partial charge < -0.3 is 15.4 Å². The Hall–Kier alpha value is -4.13. The predicted molar refractivity (Wildman–Crippen MR) is 120 cm³/mol. The number of hydrogen-bond donors (Lipinski definition) is 2. The van der Waals surface area contributed by atoms with E-state index in [-0.39, 0.29) is 24.8 Å². The molecule has 0 saturated heterocycles. The molecule has 1 heterocycles. The number of nitrogens with one attached hydrogen (secondary N) is 2. The summed E-state index contributed by atoms with van der Waals surface area (Å²) in [6.45, 7) is 0.0343. The van der Waals surface area contributed by atoms with Gasteiger partial charge in [0.2, 0.25) is 11.8 Å². The first kappa shape index (κ1) is 20.2. The Labute approximate surface area is 179 Å². The van der Waals surface area contributed by atoms with Crippen molar-refractivity contribution in [2.45, 2.75) is 13.0 Å². The van der Waals surface area contributed by atoms with Gasteiger partial charge in [-0.2, -0.15) is 5.10 Å². The topological polar surface area (TPSA) is 85.2 Å². The van der Waals surface area contributed by atoms with Crippen molar-refractivity contribution in [3.8, 4) is 5.75 Å². The molecule has 0 fully saturated rings. The molecule has 3 aromatic carbocycles. The number of ether oxygens (including phenoxy) is 1. The van der Waals surface area contributed by atoms with Gasteiger partial charge in [0.15, 0.2) is 0 Å². The molecule has 31 heavy (non-hydrogen) atoms. The molecule has 7 heteroatoms. The van der Waals surface area contributed by atoms with Crippen LogP contribution in [-0.2, 0) is 22.6 Å². The second kappa shape index (κ2) is 9.13. The molecule has 2 N–H and O–H groups in total. The van der Waals surface area contributed by atoms with E-state index in [4.69, 9.17) is 4.74 Å². The molecule has 4 rings (SSSR count). The molecule has 0 bridgehead atoms. The van der Waals surface area contributed by atoms with Gasteiger partial charge in [-0.1, -0.05) is 42.5 Å². The summed E-state index contributed by atoms with van der Waals surface area (Å²) in [4.78, 5) is 24.6. The first-order valence-electron chi connectivity index (χ1n) is 9.83. The Bertz CT molecular complexity index is 1210. The highest BCUT2D eigenvalue weighted by Crippen LogP contribution is 2.17. The largest absolute Gasteiger partial charge is 0.497 e. The molecule has 1 aromatic heterocycles. The maximum atomic E-state index is 12.4. The van der Waals surface area contributed by atoms with Crippen molar-refractivity contribution < 1.29 is 14.3 Å². The summed E-state index contributed by atoms with van der Waals surface area (Å²) in [6, 6.07) is 21.1. The van der Waals surface area contributed by atoms with Crippen LogP contribution in [0.2, 0.25) is 0 Å². The van der Waals surface area contributed by atoms with E-state index in [2.05, 4.69) is 15.7 Å². The lowest BCUT2D eigenvalue weighted by Crippen LogP contribution is -2.19. The van der Waals surface area contributed by atoms with Crippen LogP contribution in [0.15, 0.2) is 79.1 Å². The standard InChI is InChI=1S/C24H22N4O3/c1-31-22-10-8-20(9-11-22)26-24(30)16-28-15-21(14-25-28)27-23(29)13-17-6-7-18-4-2-3-5-19(18)12-17/h2-12,14-15H,13,16H2,1H3,(H,26,30)(H,27,29). The lowest BCUT2D eigenvalue weighted by atomic mass is 10.0. The quantitative estimate of drug-likeness (QED) is 0.481. The van der Waals surface area contributed by atoms with Gasteiger partial charge in [-0.3, -0.25) is 14.3 Å². The van der Waals surface area contributed by atoms with Crippen molar-refractivity contribution in [1.82, 2.24) is 9.78 Å². The zero-order chi connectivity index (χ0) is 21.6. The number of methoxy groups -OCH3 is 1. The Morgan fingerprint density at radius 1 is 0.903 bits per heavy atom. The van der Waals surface area contributed by atoms with E-state index in [0.29, 0.717) is 17.1 Å². The minimum atomic E-state index is -0.220. The van der Waals surface area contributed by atoms with Gasteiger partial charge in [0.1, 0.15) is 12.3 Å². The highest BCUT2D eigenvalue weighted by Gasteiger charge is 2.09. The molecule has 2 amide bonds. The molecular formula is C24H22N4O3. The van der Waals surface area contributed by atoms with Crippen LogP contribution >= 0.6 is 0 Å². The van der Waals surface area contributed by atoms with Crippen molar-refractivity contribution in [2.75, 3.05) is 17.7 Å². The molecule has 0 radical (unpaired) electrons. The number of hydrogen-bond acceptors (Lipinski definition) is 4. The average Bonchev–Trinajstić information content (AvgIpc) is 3.20. The second-order valence-electron chi connectivity index (χ2n) is 7.11. The maximum absolute atomic E-state index is 12.4. The van der Waals surface area contributed by atoms with E-state index in [0.717, 1.165) is 16.3 Å². The van der Waals surface area contributed by atoms with Crippen LogP contribution in [0.5, 0.6) is 5.75 Å². The zero-order valence-electron chi connectivity index (χ0n) is 17.0. The molecule has 0 spiro atoms. The summed E-state index contributed by atoms with van der Waals surface area (Å²) in [7, 11) is 1.59. The van der Waals surface area contributed by atoms with Gasteiger partial charge in [0, 0.05) is 11.9 Å². The van der Waals surface area contributed by atoms with Crippen molar-refractivity contribution in [3.63, 3.8) is 0 Å². The van der Waals surface area contributed by atoms with Crippen molar-refractivity contribution >= 4 is 34.0 Å². The SMILES string of the molecule is COc1ccc(NC(=O)Cn2cc(NC(=O)Cc3ccc4ccccc4c3)cn2)cc1. The summed E-state index contributed by atoms with van der Waals surface area (Å²) >= 11 is 0. The monoisotopic (exact) mass is 414 g/mol. The third kappa shape index (κ3) is 5.27. The zero-order valence-corrected chi connectivity index (χ0v) is 17.0. The summed E-state index contributed by atoms with van der Waals surface area (Å²) in [6.07, 6.45) is 3.42. The number of amides is 2. The van der Waals surface area contributed by atoms with E-state index in [1.54, 1.807) is 37.6 Å². The van der Waals surface area contributed by atoms with Gasteiger partial charge >= 0.3 is 0 Å². The Balaban J connectivity index is 1.31. The van der Waals surface area contributed by atoms with E-state index in [9.17, 15) is 9.59 Å². The minimum Gasteiger partial charge on any atom is -0.497 e. The maximum Gasteiger partial charge on any atom is 0.246 e. The summed E-state index contributed by atoms with van der Waals surface area (Å²) in [5.41, 5.74) is 2.15. The number of carbonyl (C=O) groups is 2. The number of rotatable bonds is 7. The molecule has 4 aromatic rings. The minimum absolute atomic E-state index is 0.0343. The van der Waals surface area contributed by atoms with Crippen LogP contribution < -0.4 is 15.4 Å². The van der Waals surface area contributed by atoms with E-state index >= 15 is 0 Å². The van der Waals surface area contributed by atoms with E-state index in [1.807, 2.05) is 42.5 Å². The van der Waals surface area contributed by atoms with Gasteiger partial charge in [-0.05, 0) is 40.6 Å². The summed E-state index contributed by atoms with van der Waals surface area (Å²) in [5, 5.41) is 12.0. The highest BCUT2D eigenvalue weighted by atomic mass is 16.5. The first-order chi connectivity index (χ1) is 15.1. The Morgan fingerprint density at radius 2 is 1.65 bits per heavy atom. The van der Waals surface area contributed by atoms with E-state index < -0.39 is 0 Å². The Morgan fingerprint density at radius 3 is 2.42 bits per heavy atom. The highest BCUT2D eigenvalue weighted by molar-refractivity contribution is 5.93. The van der Waals surface area contributed by atoms with Crippen LogP contribution in [0.4, 0.5) is 11.4 Å². The predicted octanol–water partition coefficient (Wildman–Crippen LogP) is 3.86. The van der Waals surface area contributed by atoms with Crippen LogP contribution in [0, 0.1) is 0 Å². The molecular weight excluding hydrogens is 392 g/mol. The number of nitrogens with zero attached hydrogens (tertiary/aromatic N) is 2. The smallest absolute Gasteiger partial charge is 0.246 e. The fourth-order valence-corrected chi connectivity index (χ4v) is 3.28. The molecule has 0 aliphatic heterocycles. The van der Waals surface area contributed by atoms with Gasteiger partial charge in [0.25, 0.3) is 0 Å². The van der Waals surface area contributed by atoms with Gasteiger partial charge in [-0.15, -0.1) is 0 Å². The van der Waals surface area contributed by atoms with Crippen LogP contribution in [0.25, 0.3) is 10.8 Å². The molecule has 0 atom stereocenters. The third-order valence-corrected chi connectivity index (χ3v) is 4.77. The number of aromatic nitrogens is 2. The number of anilines is 2. The lowest BCUT2D eigenvalue weighted by molar-refractivity contribution is -0.117. The van der Waals surface area contributed by atoms with Crippen molar-refractivity contribution in [1.29, 1.82) is 0 Å². The fourth-order valence-electron chi connectivity index (χ4n) is 3.28. The third-order valence-electron chi connectivity index (χ3n) is 4.77. The fraction of sp³-hybridized carbons (Fsp3) is 0.125. The van der Waals surface area contributed by atoms with Crippen LogP contribution in [0.3, 0.4) is 0 Å². The van der Waals surface area contributed by atoms with Gasteiger partial charge in [-0.25, -0.2) is 0 Å². The van der Waals surface area contributed by atoms with Gasteiger partial charge in [0.05, 0.1) is 25.4 Å². The molecule has 0 aliphatic rings. The normalized spacial score (nSPS) is 10.6. The lowest BCUT2D eigenvalue weighted by Gasteiger charge is -2.06. The first-order valence-corrected chi connectivity index (χ1v) is 9.83. The van der Waals surface area contributed by atoms with Crippen LogP contribution in [-0.4, -0.2) is 28.7 Å². The van der Waals surface area contributed by atoms with Crippen LogP contribution in [0.1, 0.15) is 5.56 Å². The molecule has 7 nitrogen and oxygen atoms in total. The second-order valence-corrected chi connectivity index (χ2v) is 7.11. The molecule has 0 saturated carbocycles. The molecule has 0 unspecified atom stereocenters. The molecule has 156 valence electrons. The Kier molecular flexibility index (Phi) is 5.93. The molecule has 0 aliphatic carbocycles. The van der Waals surface area contributed by atoms with E-state index in [1.165, 1.54) is 10.9 Å². The summed E-state index contributed by atoms with van der Waals surface area (Å²) < 4.78 is 6.58. The number of fused-ring (bicyclic) bond motifs is 1. The summed E-state index contributed by atoms with van der Waals surface area (Å²) in [5.74, 6) is 0.356. The van der Waals surface area contributed by atoms with Crippen molar-refractivity contribution in [3.05, 3.63) is 84.7 Å². The number of carbonyl (C=O) groups excluding carboxylic acids is 2.